The number of ketones is 1. The second-order valence-electron chi connectivity index (χ2n) is 11.2. The number of halogens is 1. The molecule has 0 bridgehead atoms. The summed E-state index contributed by atoms with van der Waals surface area (Å²) < 4.78 is 41.2. The van der Waals surface area contributed by atoms with E-state index in [-0.39, 0.29) is 46.8 Å². The summed E-state index contributed by atoms with van der Waals surface area (Å²) in [5, 5.41) is 11.4. The molecule has 4 rings (SSSR count). The number of morpholine rings is 1. The van der Waals surface area contributed by atoms with Gasteiger partial charge in [-0.05, 0) is 42.2 Å². The highest BCUT2D eigenvalue weighted by Crippen LogP contribution is 2.41. The summed E-state index contributed by atoms with van der Waals surface area (Å²) in [6.45, 7) is 10.2. The molecule has 0 saturated carbocycles. The fourth-order valence-electron chi connectivity index (χ4n) is 5.02. The van der Waals surface area contributed by atoms with E-state index < -0.39 is 15.5 Å². The van der Waals surface area contributed by atoms with Crippen LogP contribution in [0.2, 0.25) is 0 Å². The minimum absolute atomic E-state index is 0. The van der Waals surface area contributed by atoms with Gasteiger partial charge < -0.3 is 28.8 Å². The smallest absolute Gasteiger partial charge is 0.306 e. The molecule has 2 aliphatic heterocycles. The molecule has 2 aromatic rings. The quantitative estimate of drug-likeness (QED) is 0.304. The van der Waals surface area contributed by atoms with Crippen molar-refractivity contribution in [2.75, 3.05) is 57.7 Å². The molecule has 1 saturated heterocycles. The summed E-state index contributed by atoms with van der Waals surface area (Å²) in [6, 6.07) is 6.76. The molecule has 1 amide bonds. The fraction of sp³-hybridized carbons (Fsp3) is 0.483. The SMILES string of the molecule is Br.CCOc1cc2c(cc1C(=O)NC)C(=N)N(CC(=O)c1cc(N3CCOCC3)c(OS(C)(=O)=O)c(C(C)(C)C)c1)C2. The standard InChI is InChI=1S/C29H38N4O7S.BrH/c1-7-39-25-14-19-16-33(27(30)20(19)15-21(25)28(35)31-5)17-24(34)18-12-22(29(2,3)4)26(40-41(6,36)37)23(13-18)32-8-10-38-11-9-32;/h12-15,30H,7-11,16-17H2,1-6H3,(H,31,35);1H. The van der Waals surface area contributed by atoms with Gasteiger partial charge in [0.05, 0.1) is 43.9 Å². The van der Waals surface area contributed by atoms with Crippen LogP contribution < -0.4 is 19.1 Å². The van der Waals surface area contributed by atoms with Crippen LogP contribution >= 0.6 is 17.0 Å². The van der Waals surface area contributed by atoms with Crippen LogP contribution in [-0.4, -0.2) is 83.6 Å². The van der Waals surface area contributed by atoms with E-state index in [9.17, 15) is 18.0 Å². The molecule has 1 fully saturated rings. The number of rotatable bonds is 9. The van der Waals surface area contributed by atoms with Crippen molar-refractivity contribution in [1.82, 2.24) is 10.2 Å². The van der Waals surface area contributed by atoms with Crippen molar-refractivity contribution >= 4 is 50.3 Å². The topological polar surface area (TPSA) is 138 Å². The van der Waals surface area contributed by atoms with Crippen molar-refractivity contribution in [2.24, 2.45) is 0 Å². The maximum Gasteiger partial charge on any atom is 0.306 e. The van der Waals surface area contributed by atoms with Crippen molar-refractivity contribution in [1.29, 1.82) is 5.41 Å². The van der Waals surface area contributed by atoms with Crippen molar-refractivity contribution in [3.8, 4) is 11.5 Å². The highest BCUT2D eigenvalue weighted by atomic mass is 79.9. The van der Waals surface area contributed by atoms with Crippen molar-refractivity contribution in [2.45, 2.75) is 39.7 Å². The fourth-order valence-corrected chi connectivity index (χ4v) is 5.50. The first kappa shape index (κ1) is 33.3. The van der Waals surface area contributed by atoms with E-state index in [1.807, 2.05) is 32.6 Å². The summed E-state index contributed by atoms with van der Waals surface area (Å²) in [5.41, 5.74) is 2.65. The zero-order valence-corrected chi connectivity index (χ0v) is 27.4. The van der Waals surface area contributed by atoms with Crippen LogP contribution in [0.25, 0.3) is 0 Å². The number of nitrogens with one attached hydrogen (secondary N) is 2. The van der Waals surface area contributed by atoms with Gasteiger partial charge in [0.25, 0.3) is 5.91 Å². The van der Waals surface area contributed by atoms with E-state index in [1.165, 1.54) is 7.05 Å². The zero-order chi connectivity index (χ0) is 30.1. The highest BCUT2D eigenvalue weighted by Gasteiger charge is 2.32. The monoisotopic (exact) mass is 666 g/mol. The first-order valence-electron chi connectivity index (χ1n) is 13.5. The lowest BCUT2D eigenvalue weighted by Crippen LogP contribution is -2.37. The predicted octanol–water partition coefficient (Wildman–Crippen LogP) is 3.52. The number of carbonyl (C=O) groups is 2. The number of hydrogen-bond acceptors (Lipinski definition) is 9. The van der Waals surface area contributed by atoms with Crippen LogP contribution in [0.15, 0.2) is 24.3 Å². The number of anilines is 1. The Hall–Kier alpha value is -3.16. The second-order valence-corrected chi connectivity index (χ2v) is 12.7. The Morgan fingerprint density at radius 3 is 2.36 bits per heavy atom. The van der Waals surface area contributed by atoms with E-state index >= 15 is 0 Å². The molecule has 0 aromatic heterocycles. The van der Waals surface area contributed by atoms with Crippen LogP contribution in [0.4, 0.5) is 5.69 Å². The molecular formula is C29H39BrN4O7S. The number of nitrogens with zero attached hydrogens (tertiary/aromatic N) is 2. The molecule has 2 aromatic carbocycles. The molecule has 0 unspecified atom stereocenters. The zero-order valence-electron chi connectivity index (χ0n) is 24.8. The molecule has 230 valence electrons. The van der Waals surface area contributed by atoms with Crippen LogP contribution in [0.5, 0.6) is 11.5 Å². The van der Waals surface area contributed by atoms with Gasteiger partial charge >= 0.3 is 10.1 Å². The maximum absolute atomic E-state index is 13.8. The van der Waals surface area contributed by atoms with E-state index in [0.717, 1.165) is 11.8 Å². The van der Waals surface area contributed by atoms with Crippen molar-refractivity contribution in [3.05, 3.63) is 52.1 Å². The second kappa shape index (κ2) is 13.0. The summed E-state index contributed by atoms with van der Waals surface area (Å²) in [6.07, 6.45) is 1.00. The summed E-state index contributed by atoms with van der Waals surface area (Å²) >= 11 is 0. The van der Waals surface area contributed by atoms with E-state index in [1.54, 1.807) is 29.2 Å². The molecule has 0 aliphatic carbocycles. The van der Waals surface area contributed by atoms with Gasteiger partial charge in [0, 0.05) is 43.4 Å². The lowest BCUT2D eigenvalue weighted by atomic mass is 9.84. The summed E-state index contributed by atoms with van der Waals surface area (Å²) in [5.74, 6) is 0.233. The van der Waals surface area contributed by atoms with Gasteiger partial charge in [-0.3, -0.25) is 15.0 Å². The van der Waals surface area contributed by atoms with Gasteiger partial charge in [0.15, 0.2) is 11.5 Å². The molecule has 2 aliphatic rings. The third-order valence-corrected chi connectivity index (χ3v) is 7.50. The molecule has 42 heavy (non-hydrogen) atoms. The number of ether oxygens (including phenoxy) is 2. The Balaban J connectivity index is 0.00000484. The maximum atomic E-state index is 13.8. The molecule has 2 N–H and O–H groups in total. The lowest BCUT2D eigenvalue weighted by molar-refractivity contribution is 0.0953. The van der Waals surface area contributed by atoms with Gasteiger partial charge in [0.1, 0.15) is 11.6 Å². The van der Waals surface area contributed by atoms with Crippen molar-refractivity contribution < 1.29 is 31.7 Å². The highest BCUT2D eigenvalue weighted by molar-refractivity contribution is 8.93. The van der Waals surface area contributed by atoms with E-state index in [0.29, 0.717) is 73.1 Å². The number of Topliss-reactive ketones (excluding diaryl/α,β-unsaturated/α-hetero) is 1. The third-order valence-electron chi connectivity index (χ3n) is 7.03. The van der Waals surface area contributed by atoms with Crippen molar-refractivity contribution in [3.63, 3.8) is 0 Å². The van der Waals surface area contributed by atoms with E-state index in [2.05, 4.69) is 5.32 Å². The molecule has 0 radical (unpaired) electrons. The average Bonchev–Trinajstić information content (AvgIpc) is 3.20. The summed E-state index contributed by atoms with van der Waals surface area (Å²) in [7, 11) is -2.32. The van der Waals surface area contributed by atoms with Gasteiger partial charge in [0.2, 0.25) is 0 Å². The first-order chi connectivity index (χ1) is 19.2. The molecule has 0 spiro atoms. The number of amidine groups is 1. The number of carbonyl (C=O) groups excluding carboxylic acids is 2. The Labute approximate surface area is 257 Å². The minimum Gasteiger partial charge on any atom is -0.493 e. The first-order valence-corrected chi connectivity index (χ1v) is 15.3. The van der Waals surface area contributed by atoms with Crippen LogP contribution in [0.1, 0.15) is 65.1 Å². The minimum atomic E-state index is -3.85. The van der Waals surface area contributed by atoms with Crippen LogP contribution in [0, 0.1) is 5.41 Å². The number of benzene rings is 2. The van der Waals surface area contributed by atoms with Crippen LogP contribution in [0.3, 0.4) is 0 Å². The molecule has 2 heterocycles. The van der Waals surface area contributed by atoms with Gasteiger partial charge in [-0.25, -0.2) is 0 Å². The number of hydrogen-bond donors (Lipinski definition) is 2. The molecule has 13 heteroatoms. The Morgan fingerprint density at radius 1 is 1.12 bits per heavy atom. The van der Waals surface area contributed by atoms with Gasteiger partial charge in [-0.2, -0.15) is 8.42 Å². The Bertz CT molecular complexity index is 1480. The largest absolute Gasteiger partial charge is 0.493 e. The summed E-state index contributed by atoms with van der Waals surface area (Å²) in [4.78, 5) is 29.9. The Morgan fingerprint density at radius 2 is 1.79 bits per heavy atom. The Kier molecular flexibility index (Phi) is 10.3. The normalized spacial score (nSPS) is 15.1. The molecule has 11 nitrogen and oxygen atoms in total. The lowest BCUT2D eigenvalue weighted by Gasteiger charge is -2.33. The molecular weight excluding hydrogens is 628 g/mol. The number of amides is 1. The molecule has 0 atom stereocenters. The van der Waals surface area contributed by atoms with Gasteiger partial charge in [-0.1, -0.05) is 20.8 Å². The predicted molar refractivity (Wildman–Crippen MR) is 167 cm³/mol. The third kappa shape index (κ3) is 7.24. The average molecular weight is 668 g/mol. The van der Waals surface area contributed by atoms with E-state index in [4.69, 9.17) is 19.1 Å². The van der Waals surface area contributed by atoms with Gasteiger partial charge in [-0.15, -0.1) is 17.0 Å². The number of fused-ring (bicyclic) bond motifs is 1. The van der Waals surface area contributed by atoms with Crippen LogP contribution in [-0.2, 0) is 26.8 Å².